The standard InChI is InChI=1S/C14H15ClF3N3O5/c1-6(2)10(11(23)20-13(19)25)26-9(22)5-21-4-7(14(16,17)18)3-8(15)12(21)24/h3-4,6,10H,5H2,1-2H3,(H3,19,20,23,25)/t10-/m1/s1. The molecular formula is C14H15ClF3N3O5. The Bertz CT molecular complexity index is 776. The van der Waals surface area contributed by atoms with Gasteiger partial charge in [-0.2, -0.15) is 13.2 Å². The number of rotatable bonds is 5. The molecule has 144 valence electrons. The number of esters is 1. The number of hydrogen-bond donors (Lipinski definition) is 2. The first-order valence-electron chi connectivity index (χ1n) is 7.10. The van der Waals surface area contributed by atoms with Crippen LogP contribution < -0.4 is 16.6 Å². The first-order valence-corrected chi connectivity index (χ1v) is 7.47. The van der Waals surface area contributed by atoms with Crippen LogP contribution >= 0.6 is 11.6 Å². The van der Waals surface area contributed by atoms with Crippen molar-refractivity contribution in [3.63, 3.8) is 0 Å². The van der Waals surface area contributed by atoms with Gasteiger partial charge in [0.25, 0.3) is 11.5 Å². The number of imide groups is 1. The van der Waals surface area contributed by atoms with E-state index in [0.29, 0.717) is 16.8 Å². The highest BCUT2D eigenvalue weighted by Crippen LogP contribution is 2.29. The van der Waals surface area contributed by atoms with E-state index < -0.39 is 58.8 Å². The van der Waals surface area contributed by atoms with Crippen molar-refractivity contribution in [2.45, 2.75) is 32.7 Å². The van der Waals surface area contributed by atoms with Gasteiger partial charge in [0, 0.05) is 6.20 Å². The third-order valence-corrected chi connectivity index (χ3v) is 3.31. The van der Waals surface area contributed by atoms with E-state index in [1.54, 1.807) is 5.32 Å². The molecule has 26 heavy (non-hydrogen) atoms. The second-order valence-corrected chi connectivity index (χ2v) is 5.92. The number of pyridine rings is 1. The molecule has 8 nitrogen and oxygen atoms in total. The van der Waals surface area contributed by atoms with Crippen molar-refractivity contribution in [2.24, 2.45) is 11.7 Å². The molecule has 12 heteroatoms. The minimum absolute atomic E-state index is 0.406. The van der Waals surface area contributed by atoms with Crippen molar-refractivity contribution in [3.05, 3.63) is 33.2 Å². The molecule has 1 aromatic rings. The number of carbonyl (C=O) groups is 3. The Kier molecular flexibility index (Phi) is 6.79. The Morgan fingerprint density at radius 2 is 1.92 bits per heavy atom. The van der Waals surface area contributed by atoms with Gasteiger partial charge in [0.15, 0.2) is 6.10 Å². The van der Waals surface area contributed by atoms with Crippen LogP contribution in [0.25, 0.3) is 0 Å². The highest BCUT2D eigenvalue weighted by Gasteiger charge is 2.33. The minimum Gasteiger partial charge on any atom is -0.451 e. The smallest absolute Gasteiger partial charge is 0.417 e. The number of nitrogens with zero attached hydrogens (tertiary/aromatic N) is 1. The van der Waals surface area contributed by atoms with Crippen molar-refractivity contribution < 1.29 is 32.3 Å². The molecule has 1 rings (SSSR count). The van der Waals surface area contributed by atoms with Crippen LogP contribution in [-0.4, -0.2) is 28.6 Å². The van der Waals surface area contributed by atoms with Crippen LogP contribution in [0.2, 0.25) is 5.02 Å². The zero-order chi connectivity index (χ0) is 20.2. The molecule has 0 unspecified atom stereocenters. The monoisotopic (exact) mass is 397 g/mol. The summed E-state index contributed by atoms with van der Waals surface area (Å²) in [5.74, 6) is -2.77. The fourth-order valence-corrected chi connectivity index (χ4v) is 2.10. The van der Waals surface area contributed by atoms with E-state index in [-0.39, 0.29) is 0 Å². The van der Waals surface area contributed by atoms with Crippen molar-refractivity contribution in [1.82, 2.24) is 9.88 Å². The molecule has 1 atom stereocenters. The maximum atomic E-state index is 12.8. The van der Waals surface area contributed by atoms with Crippen LogP contribution in [0.4, 0.5) is 18.0 Å². The first-order chi connectivity index (χ1) is 11.8. The average molecular weight is 398 g/mol. The molecule has 0 saturated carbocycles. The molecule has 0 spiro atoms. The summed E-state index contributed by atoms with van der Waals surface area (Å²) in [5.41, 5.74) is 2.52. The van der Waals surface area contributed by atoms with Crippen LogP contribution in [-0.2, 0) is 27.0 Å². The number of nitrogens with two attached hydrogens (primary N) is 1. The predicted octanol–water partition coefficient (Wildman–Crippen LogP) is 1.28. The molecule has 0 bridgehead atoms. The second kappa shape index (κ2) is 8.21. The van der Waals surface area contributed by atoms with E-state index in [2.05, 4.69) is 0 Å². The summed E-state index contributed by atoms with van der Waals surface area (Å²) in [7, 11) is 0. The minimum atomic E-state index is -4.79. The molecule has 0 aliphatic rings. The lowest BCUT2D eigenvalue weighted by molar-refractivity contribution is -0.159. The summed E-state index contributed by atoms with van der Waals surface area (Å²) < 4.78 is 43.6. The summed E-state index contributed by atoms with van der Waals surface area (Å²) >= 11 is 5.47. The summed E-state index contributed by atoms with van der Waals surface area (Å²) in [6.07, 6.45) is -5.82. The fourth-order valence-electron chi connectivity index (χ4n) is 1.87. The van der Waals surface area contributed by atoms with E-state index in [1.807, 2.05) is 0 Å². The number of urea groups is 1. The molecule has 3 N–H and O–H groups in total. The van der Waals surface area contributed by atoms with Crippen molar-refractivity contribution >= 4 is 29.5 Å². The van der Waals surface area contributed by atoms with Crippen LogP contribution in [0.1, 0.15) is 19.4 Å². The Morgan fingerprint density at radius 3 is 2.38 bits per heavy atom. The number of primary amides is 1. The van der Waals surface area contributed by atoms with Crippen LogP contribution in [0.15, 0.2) is 17.1 Å². The summed E-state index contributed by atoms with van der Waals surface area (Å²) in [5, 5.41) is 0.991. The summed E-state index contributed by atoms with van der Waals surface area (Å²) in [6.45, 7) is 2.06. The maximum absolute atomic E-state index is 12.8. The third kappa shape index (κ3) is 5.76. The van der Waals surface area contributed by atoms with E-state index in [4.69, 9.17) is 22.1 Å². The summed E-state index contributed by atoms with van der Waals surface area (Å²) in [4.78, 5) is 46.2. The third-order valence-electron chi connectivity index (χ3n) is 3.04. The SMILES string of the molecule is CC(C)[C@@H](OC(=O)Cn1cc(C(F)(F)F)cc(Cl)c1=O)C(=O)NC(N)=O. The zero-order valence-corrected chi connectivity index (χ0v) is 14.4. The molecule has 0 aliphatic carbocycles. The number of hydrogen-bond acceptors (Lipinski definition) is 5. The van der Waals surface area contributed by atoms with Gasteiger partial charge in [0.1, 0.15) is 11.6 Å². The lowest BCUT2D eigenvalue weighted by Crippen LogP contribution is -2.46. The van der Waals surface area contributed by atoms with Gasteiger partial charge in [-0.05, 0) is 12.0 Å². The number of carbonyl (C=O) groups excluding carboxylic acids is 3. The van der Waals surface area contributed by atoms with E-state index in [9.17, 15) is 32.3 Å². The van der Waals surface area contributed by atoms with Crippen molar-refractivity contribution in [1.29, 1.82) is 0 Å². The van der Waals surface area contributed by atoms with Gasteiger partial charge in [-0.25, -0.2) is 4.79 Å². The zero-order valence-electron chi connectivity index (χ0n) is 13.6. The molecule has 1 aromatic heterocycles. The highest BCUT2D eigenvalue weighted by molar-refractivity contribution is 6.30. The Balaban J connectivity index is 3.03. The Labute approximate surface area is 150 Å². The van der Waals surface area contributed by atoms with Crippen molar-refractivity contribution in [2.75, 3.05) is 0 Å². The highest BCUT2D eigenvalue weighted by atomic mass is 35.5. The molecule has 0 aromatic carbocycles. The molecule has 0 radical (unpaired) electrons. The summed E-state index contributed by atoms with van der Waals surface area (Å²) in [6, 6.07) is -0.735. The number of amides is 3. The number of ether oxygens (including phenoxy) is 1. The maximum Gasteiger partial charge on any atom is 0.417 e. The average Bonchev–Trinajstić information content (AvgIpc) is 2.47. The molecule has 0 aliphatic heterocycles. The van der Waals surface area contributed by atoms with Crippen molar-refractivity contribution in [3.8, 4) is 0 Å². The largest absolute Gasteiger partial charge is 0.451 e. The molecule has 0 fully saturated rings. The fraction of sp³-hybridized carbons (Fsp3) is 0.429. The number of alkyl halides is 3. The molecule has 1 heterocycles. The normalized spacial score (nSPS) is 12.6. The van der Waals surface area contributed by atoms with Crippen LogP contribution in [0.5, 0.6) is 0 Å². The van der Waals surface area contributed by atoms with Crippen LogP contribution in [0, 0.1) is 5.92 Å². The van der Waals surface area contributed by atoms with Crippen LogP contribution in [0.3, 0.4) is 0 Å². The predicted molar refractivity (Wildman–Crippen MR) is 83.2 cm³/mol. The molecule has 3 amide bonds. The number of aromatic nitrogens is 1. The van der Waals surface area contributed by atoms with Gasteiger partial charge in [0.2, 0.25) is 0 Å². The number of nitrogens with one attached hydrogen (secondary N) is 1. The van der Waals surface area contributed by atoms with Gasteiger partial charge >= 0.3 is 18.2 Å². The quantitative estimate of drug-likeness (QED) is 0.725. The molecule has 0 saturated heterocycles. The lowest BCUT2D eigenvalue weighted by Gasteiger charge is -2.20. The van der Waals surface area contributed by atoms with Gasteiger partial charge in [0.05, 0.1) is 5.56 Å². The van der Waals surface area contributed by atoms with Gasteiger partial charge < -0.3 is 15.0 Å². The van der Waals surface area contributed by atoms with Gasteiger partial charge in [-0.15, -0.1) is 0 Å². The Morgan fingerprint density at radius 1 is 1.35 bits per heavy atom. The van der Waals surface area contributed by atoms with E-state index in [1.165, 1.54) is 13.8 Å². The van der Waals surface area contributed by atoms with E-state index >= 15 is 0 Å². The second-order valence-electron chi connectivity index (χ2n) is 5.52. The molecular weight excluding hydrogens is 383 g/mol. The van der Waals surface area contributed by atoms with Gasteiger partial charge in [-0.1, -0.05) is 25.4 Å². The Hall–Kier alpha value is -2.56. The van der Waals surface area contributed by atoms with E-state index in [0.717, 1.165) is 0 Å². The first kappa shape index (κ1) is 21.5. The topological polar surface area (TPSA) is 120 Å². The lowest BCUT2D eigenvalue weighted by atomic mass is 10.1. The van der Waals surface area contributed by atoms with Gasteiger partial charge in [-0.3, -0.25) is 19.7 Å². The number of halogens is 4.